The van der Waals surface area contributed by atoms with Crippen molar-refractivity contribution < 1.29 is 4.74 Å². The van der Waals surface area contributed by atoms with Crippen LogP contribution in [0.15, 0.2) is 0 Å². The molecule has 1 unspecified atom stereocenters. The van der Waals surface area contributed by atoms with E-state index in [-0.39, 0.29) is 5.60 Å². The lowest BCUT2D eigenvalue weighted by Gasteiger charge is -2.24. The van der Waals surface area contributed by atoms with E-state index < -0.39 is 0 Å². The van der Waals surface area contributed by atoms with E-state index >= 15 is 0 Å². The SMILES string of the molecule is Cc1nn(C)c(C)c1CNCC1CCC2(CCCC2)O1. The fourth-order valence-corrected chi connectivity index (χ4v) is 3.86. The Morgan fingerprint density at radius 1 is 1.30 bits per heavy atom. The average Bonchev–Trinajstić information content (AvgIpc) is 3.09. The van der Waals surface area contributed by atoms with Gasteiger partial charge in [-0.1, -0.05) is 12.8 Å². The molecule has 4 heteroatoms. The molecule has 0 bridgehead atoms. The van der Waals surface area contributed by atoms with Gasteiger partial charge < -0.3 is 10.1 Å². The molecule has 4 nitrogen and oxygen atoms in total. The molecule has 1 aromatic rings. The summed E-state index contributed by atoms with van der Waals surface area (Å²) in [7, 11) is 2.01. The Morgan fingerprint density at radius 2 is 2.05 bits per heavy atom. The van der Waals surface area contributed by atoms with Crippen LogP contribution in [0, 0.1) is 13.8 Å². The molecule has 2 heterocycles. The molecule has 1 atom stereocenters. The van der Waals surface area contributed by atoms with Gasteiger partial charge in [0.15, 0.2) is 0 Å². The van der Waals surface area contributed by atoms with Crippen LogP contribution in [0.2, 0.25) is 0 Å². The van der Waals surface area contributed by atoms with Gasteiger partial charge in [-0.2, -0.15) is 5.10 Å². The van der Waals surface area contributed by atoms with E-state index in [1.54, 1.807) is 0 Å². The molecule has 3 rings (SSSR count). The summed E-state index contributed by atoms with van der Waals surface area (Å²) in [6, 6.07) is 0. The van der Waals surface area contributed by atoms with E-state index in [1.807, 2.05) is 11.7 Å². The molecular weight excluding hydrogens is 250 g/mol. The van der Waals surface area contributed by atoms with Crippen molar-refractivity contribution >= 4 is 0 Å². The fraction of sp³-hybridized carbons (Fsp3) is 0.812. The summed E-state index contributed by atoms with van der Waals surface area (Å²) >= 11 is 0. The van der Waals surface area contributed by atoms with E-state index in [1.165, 1.54) is 49.8 Å². The second kappa shape index (κ2) is 5.49. The first-order valence-corrected chi connectivity index (χ1v) is 7.97. The Morgan fingerprint density at radius 3 is 2.70 bits per heavy atom. The third kappa shape index (κ3) is 2.63. The van der Waals surface area contributed by atoms with Gasteiger partial charge in [-0.05, 0) is 39.5 Å². The van der Waals surface area contributed by atoms with Crippen molar-refractivity contribution in [2.75, 3.05) is 6.54 Å². The summed E-state index contributed by atoms with van der Waals surface area (Å²) in [4.78, 5) is 0. The number of aryl methyl sites for hydroxylation is 2. The molecule has 2 aliphatic rings. The molecule has 2 fully saturated rings. The molecule has 1 aliphatic heterocycles. The van der Waals surface area contributed by atoms with Gasteiger partial charge in [0.25, 0.3) is 0 Å². The average molecular weight is 277 g/mol. The summed E-state index contributed by atoms with van der Waals surface area (Å²) in [5, 5.41) is 8.03. The molecule has 20 heavy (non-hydrogen) atoms. The van der Waals surface area contributed by atoms with Crippen LogP contribution in [-0.2, 0) is 18.3 Å². The van der Waals surface area contributed by atoms with E-state index in [0.717, 1.165) is 18.8 Å². The summed E-state index contributed by atoms with van der Waals surface area (Å²) in [6.45, 7) is 6.09. The van der Waals surface area contributed by atoms with Crippen LogP contribution in [0.4, 0.5) is 0 Å². The van der Waals surface area contributed by atoms with E-state index in [9.17, 15) is 0 Å². The maximum absolute atomic E-state index is 6.33. The van der Waals surface area contributed by atoms with Crippen LogP contribution in [0.25, 0.3) is 0 Å². The van der Waals surface area contributed by atoms with Crippen LogP contribution >= 0.6 is 0 Å². The molecule has 1 saturated carbocycles. The Labute approximate surface area is 121 Å². The second-order valence-corrected chi connectivity index (χ2v) is 6.57. The Balaban J connectivity index is 1.49. The van der Waals surface area contributed by atoms with Crippen molar-refractivity contribution in [2.24, 2.45) is 7.05 Å². The Hall–Kier alpha value is -0.870. The van der Waals surface area contributed by atoms with Crippen molar-refractivity contribution in [1.82, 2.24) is 15.1 Å². The van der Waals surface area contributed by atoms with E-state index in [0.29, 0.717) is 6.10 Å². The van der Waals surface area contributed by atoms with Gasteiger partial charge >= 0.3 is 0 Å². The number of hydrogen-bond acceptors (Lipinski definition) is 3. The fourth-order valence-electron chi connectivity index (χ4n) is 3.86. The molecule has 1 aliphatic carbocycles. The molecular formula is C16H27N3O. The lowest BCUT2D eigenvalue weighted by molar-refractivity contribution is -0.0351. The predicted octanol–water partition coefficient (Wildman–Crippen LogP) is 2.62. The highest BCUT2D eigenvalue weighted by atomic mass is 16.5. The minimum absolute atomic E-state index is 0.256. The summed E-state index contributed by atoms with van der Waals surface area (Å²) < 4.78 is 8.29. The van der Waals surface area contributed by atoms with Gasteiger partial charge in [0, 0.05) is 31.4 Å². The Kier molecular flexibility index (Phi) is 3.87. The normalized spacial score (nSPS) is 24.9. The van der Waals surface area contributed by atoms with Crippen LogP contribution in [0.5, 0.6) is 0 Å². The number of ether oxygens (including phenoxy) is 1. The lowest BCUT2D eigenvalue weighted by atomic mass is 9.98. The maximum atomic E-state index is 6.33. The first-order valence-electron chi connectivity index (χ1n) is 7.97. The van der Waals surface area contributed by atoms with Gasteiger partial charge in [-0.15, -0.1) is 0 Å². The molecule has 0 radical (unpaired) electrons. The topological polar surface area (TPSA) is 39.1 Å². The van der Waals surface area contributed by atoms with Crippen LogP contribution in [-0.4, -0.2) is 28.0 Å². The molecule has 0 amide bonds. The summed E-state index contributed by atoms with van der Waals surface area (Å²) in [5.41, 5.74) is 3.99. The minimum atomic E-state index is 0.256. The van der Waals surface area contributed by atoms with Crippen molar-refractivity contribution in [2.45, 2.75) is 70.6 Å². The van der Waals surface area contributed by atoms with Gasteiger partial charge in [-0.3, -0.25) is 4.68 Å². The van der Waals surface area contributed by atoms with Crippen molar-refractivity contribution in [3.8, 4) is 0 Å². The molecule has 112 valence electrons. The van der Waals surface area contributed by atoms with Crippen molar-refractivity contribution in [1.29, 1.82) is 0 Å². The third-order valence-corrected chi connectivity index (χ3v) is 5.19. The number of nitrogens with one attached hydrogen (secondary N) is 1. The number of nitrogens with zero attached hydrogens (tertiary/aromatic N) is 2. The van der Waals surface area contributed by atoms with Gasteiger partial charge in [0.2, 0.25) is 0 Å². The van der Waals surface area contributed by atoms with Crippen molar-refractivity contribution in [3.05, 3.63) is 17.0 Å². The number of aromatic nitrogens is 2. The molecule has 1 N–H and O–H groups in total. The van der Waals surface area contributed by atoms with E-state index in [2.05, 4.69) is 24.3 Å². The summed E-state index contributed by atoms with van der Waals surface area (Å²) in [5.74, 6) is 0. The number of hydrogen-bond donors (Lipinski definition) is 1. The smallest absolute Gasteiger partial charge is 0.0708 e. The number of rotatable bonds is 4. The summed E-state index contributed by atoms with van der Waals surface area (Å²) in [6.07, 6.45) is 8.17. The zero-order valence-corrected chi connectivity index (χ0v) is 13.0. The zero-order chi connectivity index (χ0) is 14.2. The first kappa shape index (κ1) is 14.1. The highest BCUT2D eigenvalue weighted by molar-refractivity contribution is 5.23. The molecule has 0 aromatic carbocycles. The van der Waals surface area contributed by atoms with Gasteiger partial charge in [0.05, 0.1) is 17.4 Å². The van der Waals surface area contributed by atoms with Crippen LogP contribution < -0.4 is 5.32 Å². The van der Waals surface area contributed by atoms with Crippen LogP contribution in [0.1, 0.15) is 55.5 Å². The van der Waals surface area contributed by atoms with Crippen molar-refractivity contribution in [3.63, 3.8) is 0 Å². The highest BCUT2D eigenvalue weighted by Gasteiger charge is 2.41. The standard InChI is InChI=1S/C16H27N3O/c1-12-15(13(2)19(3)18-12)11-17-10-14-6-9-16(20-14)7-4-5-8-16/h14,17H,4-11H2,1-3H3. The zero-order valence-electron chi connectivity index (χ0n) is 13.0. The monoisotopic (exact) mass is 277 g/mol. The van der Waals surface area contributed by atoms with Crippen LogP contribution in [0.3, 0.4) is 0 Å². The lowest BCUT2D eigenvalue weighted by Crippen LogP contribution is -2.31. The Bertz CT molecular complexity index is 474. The minimum Gasteiger partial charge on any atom is -0.370 e. The van der Waals surface area contributed by atoms with E-state index in [4.69, 9.17) is 4.74 Å². The maximum Gasteiger partial charge on any atom is 0.0708 e. The highest BCUT2D eigenvalue weighted by Crippen LogP contribution is 2.43. The quantitative estimate of drug-likeness (QED) is 0.919. The second-order valence-electron chi connectivity index (χ2n) is 6.57. The largest absolute Gasteiger partial charge is 0.370 e. The van der Waals surface area contributed by atoms with Gasteiger partial charge in [-0.25, -0.2) is 0 Å². The molecule has 1 saturated heterocycles. The third-order valence-electron chi connectivity index (χ3n) is 5.19. The van der Waals surface area contributed by atoms with Gasteiger partial charge in [0.1, 0.15) is 0 Å². The molecule has 1 spiro atoms. The molecule has 1 aromatic heterocycles. The predicted molar refractivity (Wildman–Crippen MR) is 79.7 cm³/mol. The first-order chi connectivity index (χ1) is 9.60.